The molecule has 6 heteroatoms. The molecule has 162 valence electrons. The van der Waals surface area contributed by atoms with Crippen LogP contribution in [-0.2, 0) is 19.4 Å². The van der Waals surface area contributed by atoms with Crippen molar-refractivity contribution in [1.29, 1.82) is 0 Å². The Kier molecular flexibility index (Phi) is 7.09. The van der Waals surface area contributed by atoms with Gasteiger partial charge in [-0.1, -0.05) is 32.1 Å². The summed E-state index contributed by atoms with van der Waals surface area (Å²) in [5.41, 5.74) is 0.547. The molecule has 0 unspecified atom stereocenters. The van der Waals surface area contributed by atoms with E-state index in [0.29, 0.717) is 5.41 Å². The first-order valence-corrected chi connectivity index (χ1v) is 12.2. The minimum Gasteiger partial charge on any atom is -0.356 e. The van der Waals surface area contributed by atoms with Crippen molar-refractivity contribution in [3.63, 3.8) is 0 Å². The topological polar surface area (TPSA) is 58.3 Å². The van der Waals surface area contributed by atoms with Gasteiger partial charge in [-0.25, -0.2) is 0 Å². The van der Waals surface area contributed by atoms with E-state index in [2.05, 4.69) is 30.0 Å². The zero-order chi connectivity index (χ0) is 19.9. The smallest absolute Gasteiger partial charge is 0.193 e. The number of fused-ring (bicyclic) bond motifs is 1. The first-order valence-electron chi connectivity index (χ1n) is 12.2. The fraction of sp³-hybridized carbons (Fsp3) is 0.870. The maximum Gasteiger partial charge on any atom is 0.193 e. The molecular formula is C23H40N6. The summed E-state index contributed by atoms with van der Waals surface area (Å²) < 4.78 is 2.38. The predicted molar refractivity (Wildman–Crippen MR) is 118 cm³/mol. The van der Waals surface area contributed by atoms with E-state index in [1.165, 1.54) is 88.8 Å². The highest BCUT2D eigenvalue weighted by Crippen LogP contribution is 2.42. The van der Waals surface area contributed by atoms with Crippen LogP contribution in [0.5, 0.6) is 0 Å². The summed E-state index contributed by atoms with van der Waals surface area (Å²) in [7, 11) is 1.94. The number of hydrogen-bond donors (Lipinski definition) is 1. The highest BCUT2D eigenvalue weighted by atomic mass is 15.3. The number of aliphatic imine (C=N–C) groups is 1. The van der Waals surface area contributed by atoms with Gasteiger partial charge in [0.05, 0.1) is 0 Å². The number of rotatable bonds is 4. The van der Waals surface area contributed by atoms with Gasteiger partial charge in [0.2, 0.25) is 0 Å². The van der Waals surface area contributed by atoms with Crippen molar-refractivity contribution in [2.75, 3.05) is 26.7 Å². The molecule has 0 aromatic carbocycles. The molecule has 1 spiro atoms. The molecule has 1 aliphatic carbocycles. The van der Waals surface area contributed by atoms with Crippen molar-refractivity contribution in [2.45, 2.75) is 96.4 Å². The zero-order valence-electron chi connectivity index (χ0n) is 18.5. The third-order valence-corrected chi connectivity index (χ3v) is 7.38. The van der Waals surface area contributed by atoms with Crippen LogP contribution in [0.15, 0.2) is 4.99 Å². The molecule has 1 aromatic heterocycles. The molecule has 4 rings (SSSR count). The lowest BCUT2D eigenvalue weighted by atomic mass is 9.74. The first kappa shape index (κ1) is 20.7. The molecular weight excluding hydrogens is 360 g/mol. The number of nitrogens with one attached hydrogen (secondary N) is 1. The fourth-order valence-electron chi connectivity index (χ4n) is 5.78. The SMILES string of the molecule is CN=C(NCCCc1nnc2n1CCCCC2)N1CCCC2(CCCCCC2)C1. The number of guanidine groups is 1. The van der Waals surface area contributed by atoms with Crippen LogP contribution in [0.25, 0.3) is 0 Å². The summed E-state index contributed by atoms with van der Waals surface area (Å²) in [4.78, 5) is 7.17. The van der Waals surface area contributed by atoms with Crippen molar-refractivity contribution < 1.29 is 0 Å². The summed E-state index contributed by atoms with van der Waals surface area (Å²) in [5.74, 6) is 3.48. The van der Waals surface area contributed by atoms with Crippen LogP contribution in [0.2, 0.25) is 0 Å². The maximum absolute atomic E-state index is 4.63. The van der Waals surface area contributed by atoms with Crippen LogP contribution in [-0.4, -0.2) is 52.3 Å². The summed E-state index contributed by atoms with van der Waals surface area (Å²) in [6, 6.07) is 0. The lowest BCUT2D eigenvalue weighted by molar-refractivity contribution is 0.115. The average Bonchev–Trinajstić information content (AvgIpc) is 2.91. The van der Waals surface area contributed by atoms with Gasteiger partial charge in [-0.3, -0.25) is 4.99 Å². The van der Waals surface area contributed by atoms with Crippen molar-refractivity contribution in [2.24, 2.45) is 10.4 Å². The lowest BCUT2D eigenvalue weighted by Gasteiger charge is -2.44. The molecule has 1 N–H and O–H groups in total. The monoisotopic (exact) mass is 400 g/mol. The lowest BCUT2D eigenvalue weighted by Crippen LogP contribution is -2.50. The minimum absolute atomic E-state index is 0.547. The molecule has 1 saturated heterocycles. The van der Waals surface area contributed by atoms with E-state index in [-0.39, 0.29) is 0 Å². The number of likely N-dealkylation sites (tertiary alicyclic amines) is 1. The van der Waals surface area contributed by atoms with Crippen LogP contribution in [0.1, 0.15) is 88.7 Å². The Morgan fingerprint density at radius 1 is 0.966 bits per heavy atom. The molecule has 2 aliphatic heterocycles. The standard InChI is InChI=1S/C23H40N6/c1-24-22(28-17-10-15-23(19-28)13-6-2-3-7-14-23)25-16-9-12-21-27-26-20-11-5-4-8-18-29(20)21/h2-19H2,1H3,(H,24,25). The number of hydrogen-bond acceptors (Lipinski definition) is 3. The number of piperidine rings is 1. The third-order valence-electron chi connectivity index (χ3n) is 7.38. The van der Waals surface area contributed by atoms with E-state index in [1.54, 1.807) is 0 Å². The van der Waals surface area contributed by atoms with Gasteiger partial charge in [0, 0.05) is 46.1 Å². The molecule has 3 aliphatic rings. The van der Waals surface area contributed by atoms with E-state index in [0.717, 1.165) is 44.9 Å². The predicted octanol–water partition coefficient (Wildman–Crippen LogP) is 3.95. The van der Waals surface area contributed by atoms with Gasteiger partial charge in [0.15, 0.2) is 5.96 Å². The van der Waals surface area contributed by atoms with Crippen LogP contribution < -0.4 is 5.32 Å². The molecule has 0 radical (unpaired) electrons. The van der Waals surface area contributed by atoms with E-state index in [9.17, 15) is 0 Å². The van der Waals surface area contributed by atoms with Gasteiger partial charge >= 0.3 is 0 Å². The van der Waals surface area contributed by atoms with Gasteiger partial charge in [-0.2, -0.15) is 0 Å². The molecule has 6 nitrogen and oxygen atoms in total. The van der Waals surface area contributed by atoms with Gasteiger partial charge < -0.3 is 14.8 Å². The van der Waals surface area contributed by atoms with E-state index >= 15 is 0 Å². The molecule has 1 saturated carbocycles. The molecule has 0 bridgehead atoms. The second kappa shape index (κ2) is 9.94. The third kappa shape index (κ3) is 5.13. The molecule has 2 fully saturated rings. The molecule has 1 aromatic rings. The molecule has 3 heterocycles. The van der Waals surface area contributed by atoms with E-state index in [4.69, 9.17) is 0 Å². The second-order valence-electron chi connectivity index (χ2n) is 9.51. The largest absolute Gasteiger partial charge is 0.356 e. The summed E-state index contributed by atoms with van der Waals surface area (Å²) in [6.45, 7) is 4.41. The normalized spacial score (nSPS) is 22.8. The highest BCUT2D eigenvalue weighted by Gasteiger charge is 2.36. The quantitative estimate of drug-likeness (QED) is 0.472. The number of aryl methyl sites for hydroxylation is 2. The second-order valence-corrected chi connectivity index (χ2v) is 9.51. The van der Waals surface area contributed by atoms with Crippen molar-refractivity contribution in [3.05, 3.63) is 11.6 Å². The Balaban J connectivity index is 1.27. The molecule has 0 atom stereocenters. The minimum atomic E-state index is 0.547. The summed E-state index contributed by atoms with van der Waals surface area (Å²) in [5, 5.41) is 12.6. The maximum atomic E-state index is 4.63. The Bertz CT molecular complexity index is 671. The molecule has 29 heavy (non-hydrogen) atoms. The summed E-state index contributed by atoms with van der Waals surface area (Å²) in [6.07, 6.45) is 18.3. The van der Waals surface area contributed by atoms with Gasteiger partial charge in [-0.05, 0) is 50.4 Å². The van der Waals surface area contributed by atoms with Crippen LogP contribution in [0.4, 0.5) is 0 Å². The van der Waals surface area contributed by atoms with Gasteiger partial charge in [-0.15, -0.1) is 10.2 Å². The van der Waals surface area contributed by atoms with E-state index < -0.39 is 0 Å². The van der Waals surface area contributed by atoms with Crippen LogP contribution in [0.3, 0.4) is 0 Å². The Morgan fingerprint density at radius 2 is 1.76 bits per heavy atom. The molecule has 0 amide bonds. The zero-order valence-corrected chi connectivity index (χ0v) is 18.5. The van der Waals surface area contributed by atoms with Crippen LogP contribution >= 0.6 is 0 Å². The number of aromatic nitrogens is 3. The van der Waals surface area contributed by atoms with Crippen molar-refractivity contribution >= 4 is 5.96 Å². The number of nitrogens with zero attached hydrogens (tertiary/aromatic N) is 5. The van der Waals surface area contributed by atoms with E-state index in [1.807, 2.05) is 7.05 Å². The summed E-state index contributed by atoms with van der Waals surface area (Å²) >= 11 is 0. The van der Waals surface area contributed by atoms with Gasteiger partial charge in [0.25, 0.3) is 0 Å². The fourth-order valence-corrected chi connectivity index (χ4v) is 5.78. The van der Waals surface area contributed by atoms with Crippen LogP contribution in [0, 0.1) is 5.41 Å². The van der Waals surface area contributed by atoms with Crippen molar-refractivity contribution in [1.82, 2.24) is 25.0 Å². The average molecular weight is 401 g/mol. The first-order chi connectivity index (χ1) is 14.3. The highest BCUT2D eigenvalue weighted by molar-refractivity contribution is 5.80. The Labute approximate surface area is 176 Å². The van der Waals surface area contributed by atoms with Gasteiger partial charge in [0.1, 0.15) is 11.6 Å². The Morgan fingerprint density at radius 3 is 2.59 bits per heavy atom. The van der Waals surface area contributed by atoms with Crippen molar-refractivity contribution in [3.8, 4) is 0 Å². The Hall–Kier alpha value is -1.59.